The van der Waals surface area contributed by atoms with Crippen LogP contribution in [0.1, 0.15) is 32.1 Å². The molecule has 1 fully saturated rings. The number of phenolic OH excluding ortho intramolecular Hbond substituents is 1. The van der Waals surface area contributed by atoms with Gasteiger partial charge in [0, 0.05) is 3.57 Å². The molecule has 0 unspecified atom stereocenters. The lowest BCUT2D eigenvalue weighted by Crippen LogP contribution is -2.19. The predicted molar refractivity (Wildman–Crippen MR) is 68.3 cm³/mol. The molecule has 15 heavy (non-hydrogen) atoms. The molecule has 0 saturated heterocycles. The second-order valence-electron chi connectivity index (χ2n) is 3.99. The van der Waals surface area contributed by atoms with Crippen LogP contribution >= 0.6 is 22.6 Å². The Morgan fingerprint density at radius 3 is 2.67 bits per heavy atom. The average molecular weight is 318 g/mol. The van der Waals surface area contributed by atoms with Crippen molar-refractivity contribution in [3.8, 4) is 11.5 Å². The van der Waals surface area contributed by atoms with Gasteiger partial charge in [-0.2, -0.15) is 0 Å². The van der Waals surface area contributed by atoms with Gasteiger partial charge in [0.2, 0.25) is 0 Å². The molecule has 82 valence electrons. The minimum absolute atomic E-state index is 0.251. The maximum atomic E-state index is 9.64. The molecule has 0 radical (unpaired) electrons. The van der Waals surface area contributed by atoms with Crippen LogP contribution in [0, 0.1) is 3.57 Å². The number of ether oxygens (including phenoxy) is 1. The second kappa shape index (κ2) is 5.05. The Morgan fingerprint density at radius 1 is 1.20 bits per heavy atom. The fourth-order valence-electron chi connectivity index (χ4n) is 1.94. The highest BCUT2D eigenvalue weighted by atomic mass is 127. The Labute approximate surface area is 104 Å². The first-order valence-electron chi connectivity index (χ1n) is 5.41. The second-order valence-corrected chi connectivity index (χ2v) is 5.24. The van der Waals surface area contributed by atoms with E-state index in [-0.39, 0.29) is 5.75 Å². The summed E-state index contributed by atoms with van der Waals surface area (Å²) in [7, 11) is 0. The maximum Gasteiger partial charge on any atom is 0.162 e. The fourth-order valence-corrected chi connectivity index (χ4v) is 2.41. The molecule has 0 aromatic heterocycles. The Bertz CT molecular complexity index is 332. The summed E-state index contributed by atoms with van der Waals surface area (Å²) in [5.74, 6) is 0.884. The van der Waals surface area contributed by atoms with Crippen molar-refractivity contribution in [3.05, 3.63) is 21.8 Å². The molecule has 0 bridgehead atoms. The van der Waals surface area contributed by atoms with E-state index in [0.717, 1.165) is 16.4 Å². The normalized spacial score (nSPS) is 17.7. The third-order valence-corrected chi connectivity index (χ3v) is 3.44. The van der Waals surface area contributed by atoms with Crippen LogP contribution in [-0.4, -0.2) is 11.2 Å². The first-order valence-corrected chi connectivity index (χ1v) is 6.49. The SMILES string of the molecule is Oc1ccc(I)cc1OC1CCCCC1. The zero-order valence-electron chi connectivity index (χ0n) is 8.58. The predicted octanol–water partition coefficient (Wildman–Crippen LogP) is 3.71. The standard InChI is InChI=1S/C12H15IO2/c13-9-6-7-11(14)12(8-9)15-10-4-2-1-3-5-10/h6-8,10,14H,1-5H2. The van der Waals surface area contributed by atoms with E-state index in [1.807, 2.05) is 12.1 Å². The lowest BCUT2D eigenvalue weighted by Gasteiger charge is -2.23. The molecule has 2 nitrogen and oxygen atoms in total. The monoisotopic (exact) mass is 318 g/mol. The lowest BCUT2D eigenvalue weighted by molar-refractivity contribution is 0.150. The van der Waals surface area contributed by atoms with Gasteiger partial charge in [0.15, 0.2) is 11.5 Å². The minimum atomic E-state index is 0.251. The molecule has 0 amide bonds. The van der Waals surface area contributed by atoms with Gasteiger partial charge >= 0.3 is 0 Å². The molecule has 1 aliphatic rings. The lowest BCUT2D eigenvalue weighted by atomic mass is 9.98. The number of hydrogen-bond donors (Lipinski definition) is 1. The summed E-state index contributed by atoms with van der Waals surface area (Å²) >= 11 is 2.23. The molecule has 0 atom stereocenters. The van der Waals surface area contributed by atoms with Crippen molar-refractivity contribution < 1.29 is 9.84 Å². The van der Waals surface area contributed by atoms with Crippen LogP contribution in [0.25, 0.3) is 0 Å². The van der Waals surface area contributed by atoms with Crippen LogP contribution in [0.2, 0.25) is 0 Å². The molecular formula is C12H15IO2. The Hall–Kier alpha value is -0.450. The number of phenols is 1. The molecule has 2 rings (SSSR count). The van der Waals surface area contributed by atoms with Crippen LogP contribution in [0.4, 0.5) is 0 Å². The van der Waals surface area contributed by atoms with Crippen molar-refractivity contribution in [2.24, 2.45) is 0 Å². The van der Waals surface area contributed by atoms with Crippen LogP contribution in [-0.2, 0) is 0 Å². The van der Waals surface area contributed by atoms with E-state index in [1.54, 1.807) is 6.07 Å². The first-order chi connectivity index (χ1) is 7.25. The first kappa shape index (κ1) is 11.0. The minimum Gasteiger partial charge on any atom is -0.504 e. The fraction of sp³-hybridized carbons (Fsp3) is 0.500. The number of halogens is 1. The molecule has 1 aliphatic carbocycles. The highest BCUT2D eigenvalue weighted by Gasteiger charge is 2.16. The van der Waals surface area contributed by atoms with E-state index in [9.17, 15) is 5.11 Å². The number of aromatic hydroxyl groups is 1. The van der Waals surface area contributed by atoms with E-state index in [0.29, 0.717) is 11.9 Å². The Morgan fingerprint density at radius 2 is 1.93 bits per heavy atom. The van der Waals surface area contributed by atoms with E-state index in [1.165, 1.54) is 19.3 Å². The van der Waals surface area contributed by atoms with E-state index in [4.69, 9.17) is 4.74 Å². The quantitative estimate of drug-likeness (QED) is 0.843. The van der Waals surface area contributed by atoms with E-state index >= 15 is 0 Å². The molecule has 1 N–H and O–H groups in total. The van der Waals surface area contributed by atoms with Gasteiger partial charge in [-0.25, -0.2) is 0 Å². The Balaban J connectivity index is 2.05. The van der Waals surface area contributed by atoms with Gasteiger partial charge in [0.05, 0.1) is 6.10 Å². The Kier molecular flexibility index (Phi) is 3.72. The van der Waals surface area contributed by atoms with Crippen molar-refractivity contribution in [2.45, 2.75) is 38.2 Å². The van der Waals surface area contributed by atoms with Crippen molar-refractivity contribution in [1.29, 1.82) is 0 Å². The van der Waals surface area contributed by atoms with Gasteiger partial charge in [-0.3, -0.25) is 0 Å². The van der Waals surface area contributed by atoms with Gasteiger partial charge in [0.1, 0.15) is 0 Å². The summed E-state index contributed by atoms with van der Waals surface area (Å²) in [4.78, 5) is 0. The van der Waals surface area contributed by atoms with Crippen LogP contribution in [0.15, 0.2) is 18.2 Å². The van der Waals surface area contributed by atoms with Crippen molar-refractivity contribution >= 4 is 22.6 Å². The number of hydrogen-bond acceptors (Lipinski definition) is 2. The van der Waals surface area contributed by atoms with Gasteiger partial charge in [-0.15, -0.1) is 0 Å². The summed E-state index contributed by atoms with van der Waals surface area (Å²) in [5, 5.41) is 9.64. The molecule has 0 aliphatic heterocycles. The van der Waals surface area contributed by atoms with Gasteiger partial charge < -0.3 is 9.84 Å². The largest absolute Gasteiger partial charge is 0.504 e. The average Bonchev–Trinajstić information content (AvgIpc) is 2.25. The summed E-state index contributed by atoms with van der Waals surface area (Å²) in [6.07, 6.45) is 6.33. The van der Waals surface area contributed by atoms with Crippen LogP contribution in [0.5, 0.6) is 11.5 Å². The van der Waals surface area contributed by atoms with Crippen LogP contribution in [0.3, 0.4) is 0 Å². The van der Waals surface area contributed by atoms with Crippen molar-refractivity contribution in [3.63, 3.8) is 0 Å². The molecule has 1 aromatic carbocycles. The topological polar surface area (TPSA) is 29.5 Å². The van der Waals surface area contributed by atoms with E-state index < -0.39 is 0 Å². The smallest absolute Gasteiger partial charge is 0.162 e. The third-order valence-electron chi connectivity index (χ3n) is 2.77. The highest BCUT2D eigenvalue weighted by molar-refractivity contribution is 14.1. The van der Waals surface area contributed by atoms with Gasteiger partial charge in [-0.05, 0) is 66.5 Å². The van der Waals surface area contributed by atoms with Crippen molar-refractivity contribution in [1.82, 2.24) is 0 Å². The van der Waals surface area contributed by atoms with E-state index in [2.05, 4.69) is 22.6 Å². The molecule has 0 heterocycles. The van der Waals surface area contributed by atoms with Gasteiger partial charge in [0.25, 0.3) is 0 Å². The summed E-state index contributed by atoms with van der Waals surface area (Å²) in [5.41, 5.74) is 0. The molecule has 1 saturated carbocycles. The summed E-state index contributed by atoms with van der Waals surface area (Å²) in [6, 6.07) is 5.47. The summed E-state index contributed by atoms with van der Waals surface area (Å²) in [6.45, 7) is 0. The molecule has 3 heteroatoms. The van der Waals surface area contributed by atoms with Crippen LogP contribution < -0.4 is 4.74 Å². The molecule has 0 spiro atoms. The number of rotatable bonds is 2. The highest BCUT2D eigenvalue weighted by Crippen LogP contribution is 2.31. The molecule has 1 aromatic rings. The summed E-state index contributed by atoms with van der Waals surface area (Å²) < 4.78 is 6.91. The number of benzene rings is 1. The zero-order chi connectivity index (χ0) is 10.7. The zero-order valence-corrected chi connectivity index (χ0v) is 10.7. The van der Waals surface area contributed by atoms with Crippen molar-refractivity contribution in [2.75, 3.05) is 0 Å². The molecular weight excluding hydrogens is 303 g/mol. The third kappa shape index (κ3) is 3.00. The van der Waals surface area contributed by atoms with Gasteiger partial charge in [-0.1, -0.05) is 6.42 Å². The maximum absolute atomic E-state index is 9.64.